The Morgan fingerprint density at radius 1 is 1.62 bits per heavy atom. The lowest BCUT2D eigenvalue weighted by atomic mass is 9.82. The Kier molecular flexibility index (Phi) is 1.51. The van der Waals surface area contributed by atoms with Crippen LogP contribution in [0.2, 0.25) is 5.02 Å². The number of carbonyl (C=O) groups is 1. The molecule has 0 radical (unpaired) electrons. The van der Waals surface area contributed by atoms with Gasteiger partial charge in [-0.25, -0.2) is 0 Å². The molecule has 0 aliphatic carbocycles. The van der Waals surface area contributed by atoms with Gasteiger partial charge in [0.1, 0.15) is 0 Å². The van der Waals surface area contributed by atoms with E-state index in [9.17, 15) is 4.79 Å². The van der Waals surface area contributed by atoms with Crippen LogP contribution >= 0.6 is 11.6 Å². The second kappa shape index (κ2) is 5.01. The summed E-state index contributed by atoms with van der Waals surface area (Å²) < 4.78 is 76.7. The van der Waals surface area contributed by atoms with Crippen LogP contribution < -0.4 is 0 Å². The zero-order valence-corrected chi connectivity index (χ0v) is 9.56. The van der Waals surface area contributed by atoms with Gasteiger partial charge in [0.15, 0.2) is 5.78 Å². The van der Waals surface area contributed by atoms with Crippen molar-refractivity contribution in [1.82, 2.24) is 0 Å². The molecule has 1 nitrogen and oxygen atoms in total. The van der Waals surface area contributed by atoms with Crippen LogP contribution in [0, 0.1) is 11.3 Å². The topological polar surface area (TPSA) is 17.1 Å². The van der Waals surface area contributed by atoms with Gasteiger partial charge < -0.3 is 0 Å². The summed E-state index contributed by atoms with van der Waals surface area (Å²) in [5.41, 5.74) is -2.79. The molecule has 2 heteroatoms. The Bertz CT molecular complexity index is 662. The molecule has 0 saturated heterocycles. The largest absolute Gasteiger partial charge is 0.294 e. The van der Waals surface area contributed by atoms with Crippen molar-refractivity contribution in [2.24, 2.45) is 11.3 Å². The second-order valence-electron chi connectivity index (χ2n) is 3.83. The van der Waals surface area contributed by atoms with Gasteiger partial charge in [-0.3, -0.25) is 4.79 Å². The maximum Gasteiger partial charge on any atom is 0.165 e. The highest BCUT2D eigenvalue weighted by Gasteiger charge is 2.21. The molecule has 0 aromatic heterocycles. The number of Topliss-reactive ketones (excluding diaryl/α,β-unsaturated/α-hetero) is 1. The van der Waals surface area contributed by atoms with Crippen molar-refractivity contribution >= 4 is 17.4 Å². The smallest absolute Gasteiger partial charge is 0.165 e. The molecular formula is C14H19ClO. The average Bonchev–Trinajstić information content (AvgIpc) is 2.42. The first-order valence-electron chi connectivity index (χ1n) is 9.67. The molecule has 0 bridgehead atoms. The quantitative estimate of drug-likeness (QED) is 0.715. The third kappa shape index (κ3) is 3.97. The van der Waals surface area contributed by atoms with Crippen LogP contribution in [0.3, 0.4) is 0 Å². The minimum atomic E-state index is -3.26. The van der Waals surface area contributed by atoms with Gasteiger partial charge in [-0.1, -0.05) is 51.2 Å². The first-order chi connectivity index (χ1) is 11.4. The maximum absolute atomic E-state index is 12.8. The fraction of sp³-hybridized carbons (Fsp3) is 0.500. The third-order valence-electron chi connectivity index (χ3n) is 1.89. The van der Waals surface area contributed by atoms with Crippen molar-refractivity contribution < 1.29 is 18.5 Å². The van der Waals surface area contributed by atoms with Gasteiger partial charge in [-0.2, -0.15) is 0 Å². The van der Waals surface area contributed by atoms with E-state index in [0.29, 0.717) is 0 Å². The van der Waals surface area contributed by atoms with Crippen LogP contribution in [0.5, 0.6) is 0 Å². The monoisotopic (exact) mass is 248 g/mol. The first-order valence-corrected chi connectivity index (χ1v) is 5.05. The SMILES string of the molecule is [2H]C([2H])([2H])C(C)(C[C@]([2H])(C(=O)c1cccc(Cl)c1)C([2H])([2H])[2H])C([2H])([2H])[2H]. The molecule has 0 amide bonds. The predicted molar refractivity (Wildman–Crippen MR) is 69.0 cm³/mol. The Morgan fingerprint density at radius 2 is 2.38 bits per heavy atom. The molecular weight excluding hydrogens is 220 g/mol. The van der Waals surface area contributed by atoms with E-state index < -0.39 is 44.1 Å². The van der Waals surface area contributed by atoms with Gasteiger partial charge in [-0.15, -0.1) is 0 Å². The molecule has 1 rings (SSSR count). The van der Waals surface area contributed by atoms with Crippen molar-refractivity contribution in [3.05, 3.63) is 34.9 Å². The summed E-state index contributed by atoms with van der Waals surface area (Å²) in [6.07, 6.45) is -1.20. The molecule has 0 N–H and O–H groups in total. The lowest BCUT2D eigenvalue weighted by Crippen LogP contribution is -2.18. The number of hydrogen-bond donors (Lipinski definition) is 0. The van der Waals surface area contributed by atoms with Crippen molar-refractivity contribution in [2.45, 2.75) is 33.9 Å². The van der Waals surface area contributed by atoms with E-state index in [1.807, 2.05) is 0 Å². The molecule has 0 unspecified atom stereocenters. The molecule has 1 aromatic rings. The fourth-order valence-corrected chi connectivity index (χ4v) is 1.43. The summed E-state index contributed by atoms with van der Waals surface area (Å²) in [7, 11) is 0. The van der Waals surface area contributed by atoms with Gasteiger partial charge in [0, 0.05) is 30.2 Å². The standard InChI is InChI=1S/C14H19ClO/c1-10(9-14(2,3)4)13(16)11-6-5-7-12(15)8-11/h5-8,10H,9H2,1-4H3/t10-/m1/s1/i1D3,2D3,3D3,10D. The highest BCUT2D eigenvalue weighted by molar-refractivity contribution is 6.31. The fourth-order valence-electron chi connectivity index (χ4n) is 1.24. The van der Waals surface area contributed by atoms with Crippen LogP contribution in [0.15, 0.2) is 24.3 Å². The molecule has 0 fully saturated rings. The molecule has 0 heterocycles. The maximum atomic E-state index is 12.8. The van der Waals surface area contributed by atoms with Crippen LogP contribution in [-0.4, -0.2) is 5.78 Å². The lowest BCUT2D eigenvalue weighted by molar-refractivity contribution is 0.0897. The minimum absolute atomic E-state index is 0.123. The molecule has 0 saturated carbocycles. The van der Waals surface area contributed by atoms with E-state index in [1.54, 1.807) is 0 Å². The summed E-state index contributed by atoms with van der Waals surface area (Å²) in [5, 5.41) is 0.123. The van der Waals surface area contributed by atoms with E-state index in [1.165, 1.54) is 18.2 Å². The van der Waals surface area contributed by atoms with E-state index in [4.69, 9.17) is 25.3 Å². The molecule has 0 aliphatic rings. The third-order valence-corrected chi connectivity index (χ3v) is 2.13. The second-order valence-corrected chi connectivity index (χ2v) is 4.26. The number of carbonyl (C=O) groups excluding carboxylic acids is 1. The molecule has 16 heavy (non-hydrogen) atoms. The van der Waals surface area contributed by atoms with Crippen LogP contribution in [-0.2, 0) is 0 Å². The van der Waals surface area contributed by atoms with Crippen LogP contribution in [0.4, 0.5) is 0 Å². The number of rotatable bonds is 3. The van der Waals surface area contributed by atoms with Crippen molar-refractivity contribution in [3.8, 4) is 0 Å². The van der Waals surface area contributed by atoms with E-state index in [-0.39, 0.29) is 10.6 Å². The molecule has 0 aliphatic heterocycles. The predicted octanol–water partition coefficient (Wildman–Crippen LogP) is 4.60. The zero-order chi connectivity index (χ0) is 20.8. The zero-order valence-electron chi connectivity index (χ0n) is 18.8. The molecule has 0 spiro atoms. The first kappa shape index (κ1) is 4.81. The molecule has 1 aromatic carbocycles. The Balaban J connectivity index is 3.58. The van der Waals surface area contributed by atoms with Gasteiger partial charge in [0.05, 0.1) is 0 Å². The van der Waals surface area contributed by atoms with Gasteiger partial charge in [0.25, 0.3) is 0 Å². The number of benzene rings is 1. The summed E-state index contributed by atoms with van der Waals surface area (Å²) >= 11 is 5.80. The minimum Gasteiger partial charge on any atom is -0.294 e. The summed E-state index contributed by atoms with van der Waals surface area (Å²) in [6, 6.07) is 5.21. The summed E-state index contributed by atoms with van der Waals surface area (Å²) in [6.45, 7) is -8.65. The number of halogens is 1. The van der Waals surface area contributed by atoms with Crippen LogP contribution in [0.1, 0.15) is 58.0 Å². The highest BCUT2D eigenvalue weighted by atomic mass is 35.5. The van der Waals surface area contributed by atoms with Gasteiger partial charge in [-0.05, 0) is 24.0 Å². The summed E-state index contributed by atoms with van der Waals surface area (Å²) in [4.78, 5) is 12.8. The van der Waals surface area contributed by atoms with Gasteiger partial charge >= 0.3 is 0 Å². The van der Waals surface area contributed by atoms with Crippen molar-refractivity contribution in [1.29, 1.82) is 0 Å². The van der Waals surface area contributed by atoms with E-state index in [2.05, 4.69) is 0 Å². The molecule has 1 atom stereocenters. The number of ketones is 1. The highest BCUT2D eigenvalue weighted by Crippen LogP contribution is 2.26. The normalized spacial score (nSPS) is 27.1. The molecule has 88 valence electrons. The Hall–Kier alpha value is -0.820. The Morgan fingerprint density at radius 3 is 2.94 bits per heavy atom. The Labute approximate surface area is 117 Å². The van der Waals surface area contributed by atoms with Crippen molar-refractivity contribution in [2.75, 3.05) is 0 Å². The van der Waals surface area contributed by atoms with Crippen molar-refractivity contribution in [3.63, 3.8) is 0 Å². The average molecular weight is 249 g/mol. The van der Waals surface area contributed by atoms with Crippen LogP contribution in [0.25, 0.3) is 0 Å². The van der Waals surface area contributed by atoms with E-state index in [0.717, 1.165) is 13.0 Å². The lowest BCUT2D eigenvalue weighted by Gasteiger charge is -2.22. The summed E-state index contributed by atoms with van der Waals surface area (Å²) in [5.74, 6) is -4.19. The van der Waals surface area contributed by atoms with E-state index >= 15 is 0 Å². The van der Waals surface area contributed by atoms with Gasteiger partial charge in [0.2, 0.25) is 0 Å². The number of hydrogen-bond acceptors (Lipinski definition) is 1.